The van der Waals surface area contributed by atoms with Crippen LogP contribution in [0.4, 0.5) is 0 Å². The number of aromatic nitrogens is 1. The quantitative estimate of drug-likeness (QED) is 0.914. The lowest BCUT2D eigenvalue weighted by Crippen LogP contribution is -2.10. The third-order valence-corrected chi connectivity index (χ3v) is 4.17. The third kappa shape index (κ3) is 2.51. The predicted molar refractivity (Wildman–Crippen MR) is 76.3 cm³/mol. The van der Waals surface area contributed by atoms with E-state index in [-0.39, 0.29) is 0 Å². The molecule has 1 aliphatic rings. The van der Waals surface area contributed by atoms with Crippen molar-refractivity contribution in [1.29, 1.82) is 0 Å². The normalized spacial score (nSPS) is 16.9. The molecule has 1 aromatic heterocycles. The summed E-state index contributed by atoms with van der Waals surface area (Å²) in [5.74, 6) is 0.659. The van der Waals surface area contributed by atoms with Gasteiger partial charge < -0.3 is 5.11 Å². The SMILES string of the molecule is OC(c1cccc(C2CCC2)c1)c1ncccc1Cl. The van der Waals surface area contributed by atoms with E-state index in [9.17, 15) is 5.11 Å². The van der Waals surface area contributed by atoms with Crippen LogP contribution >= 0.6 is 11.6 Å². The molecule has 1 atom stereocenters. The minimum Gasteiger partial charge on any atom is -0.382 e. The summed E-state index contributed by atoms with van der Waals surface area (Å²) in [6.07, 6.45) is 4.71. The number of hydrogen-bond donors (Lipinski definition) is 1. The minimum atomic E-state index is -0.756. The molecule has 0 radical (unpaired) electrons. The summed E-state index contributed by atoms with van der Waals surface area (Å²) in [6, 6.07) is 11.7. The van der Waals surface area contributed by atoms with Crippen LogP contribution in [-0.4, -0.2) is 10.1 Å². The second-order valence-electron chi connectivity index (χ2n) is 5.07. The van der Waals surface area contributed by atoms with E-state index >= 15 is 0 Å². The Morgan fingerprint density at radius 3 is 2.74 bits per heavy atom. The van der Waals surface area contributed by atoms with Crippen molar-refractivity contribution in [2.45, 2.75) is 31.3 Å². The van der Waals surface area contributed by atoms with Crippen molar-refractivity contribution in [3.8, 4) is 0 Å². The van der Waals surface area contributed by atoms with Crippen LogP contribution in [-0.2, 0) is 0 Å². The first kappa shape index (κ1) is 12.6. The van der Waals surface area contributed by atoms with E-state index in [0.717, 1.165) is 5.56 Å². The molecule has 1 fully saturated rings. The average Bonchev–Trinajstić information content (AvgIpc) is 2.37. The van der Waals surface area contributed by atoms with Crippen LogP contribution in [0.15, 0.2) is 42.6 Å². The van der Waals surface area contributed by atoms with Gasteiger partial charge in [0, 0.05) is 6.20 Å². The Labute approximate surface area is 118 Å². The zero-order chi connectivity index (χ0) is 13.2. The van der Waals surface area contributed by atoms with Crippen molar-refractivity contribution < 1.29 is 5.11 Å². The highest BCUT2D eigenvalue weighted by molar-refractivity contribution is 6.31. The van der Waals surface area contributed by atoms with Crippen LogP contribution in [0.5, 0.6) is 0 Å². The molecule has 1 heterocycles. The van der Waals surface area contributed by atoms with Crippen molar-refractivity contribution >= 4 is 11.6 Å². The summed E-state index contributed by atoms with van der Waals surface area (Å²) in [4.78, 5) is 4.18. The molecule has 0 amide bonds. The molecule has 0 bridgehead atoms. The molecule has 1 aromatic carbocycles. The highest BCUT2D eigenvalue weighted by Crippen LogP contribution is 2.37. The van der Waals surface area contributed by atoms with Crippen molar-refractivity contribution in [1.82, 2.24) is 4.98 Å². The van der Waals surface area contributed by atoms with Gasteiger partial charge in [0.2, 0.25) is 0 Å². The number of aliphatic hydroxyl groups excluding tert-OH is 1. The fraction of sp³-hybridized carbons (Fsp3) is 0.312. The molecule has 3 rings (SSSR count). The Hall–Kier alpha value is -1.38. The minimum absolute atomic E-state index is 0.504. The number of nitrogens with zero attached hydrogens (tertiary/aromatic N) is 1. The summed E-state index contributed by atoms with van der Waals surface area (Å²) < 4.78 is 0. The maximum absolute atomic E-state index is 10.4. The van der Waals surface area contributed by atoms with Gasteiger partial charge in [-0.1, -0.05) is 42.3 Å². The van der Waals surface area contributed by atoms with Crippen LogP contribution in [0.25, 0.3) is 0 Å². The molecule has 0 saturated heterocycles. The fourth-order valence-corrected chi connectivity index (χ4v) is 2.71. The predicted octanol–water partition coefficient (Wildman–Crippen LogP) is 4.08. The molecule has 2 nitrogen and oxygen atoms in total. The van der Waals surface area contributed by atoms with Gasteiger partial charge in [-0.25, -0.2) is 0 Å². The summed E-state index contributed by atoms with van der Waals surface area (Å²) >= 11 is 6.09. The number of halogens is 1. The van der Waals surface area contributed by atoms with E-state index in [0.29, 0.717) is 16.6 Å². The van der Waals surface area contributed by atoms with Crippen molar-refractivity contribution in [2.75, 3.05) is 0 Å². The number of benzene rings is 1. The Morgan fingerprint density at radius 2 is 2.05 bits per heavy atom. The van der Waals surface area contributed by atoms with Crippen LogP contribution in [0, 0.1) is 0 Å². The lowest BCUT2D eigenvalue weighted by Gasteiger charge is -2.26. The van der Waals surface area contributed by atoms with E-state index in [1.54, 1.807) is 18.3 Å². The van der Waals surface area contributed by atoms with Crippen LogP contribution in [0.2, 0.25) is 5.02 Å². The highest BCUT2D eigenvalue weighted by Gasteiger charge is 2.21. The van der Waals surface area contributed by atoms with Crippen molar-refractivity contribution in [3.63, 3.8) is 0 Å². The number of hydrogen-bond acceptors (Lipinski definition) is 2. The zero-order valence-electron chi connectivity index (χ0n) is 10.6. The fourth-order valence-electron chi connectivity index (χ4n) is 2.48. The van der Waals surface area contributed by atoms with E-state index in [2.05, 4.69) is 17.1 Å². The first-order valence-corrected chi connectivity index (χ1v) is 7.02. The second-order valence-corrected chi connectivity index (χ2v) is 5.48. The number of rotatable bonds is 3. The van der Waals surface area contributed by atoms with E-state index in [4.69, 9.17) is 11.6 Å². The molecule has 19 heavy (non-hydrogen) atoms. The molecular weight excluding hydrogens is 258 g/mol. The highest BCUT2D eigenvalue weighted by atomic mass is 35.5. The molecule has 1 N–H and O–H groups in total. The molecule has 98 valence electrons. The lowest BCUT2D eigenvalue weighted by molar-refractivity contribution is 0.215. The van der Waals surface area contributed by atoms with Gasteiger partial charge in [0.15, 0.2) is 0 Å². The average molecular weight is 274 g/mol. The Morgan fingerprint density at radius 1 is 1.21 bits per heavy atom. The van der Waals surface area contributed by atoms with Gasteiger partial charge in [0.25, 0.3) is 0 Å². The van der Waals surface area contributed by atoms with E-state index < -0.39 is 6.10 Å². The molecule has 0 spiro atoms. The van der Waals surface area contributed by atoms with Gasteiger partial charge >= 0.3 is 0 Å². The Balaban J connectivity index is 1.91. The smallest absolute Gasteiger partial charge is 0.122 e. The molecule has 1 saturated carbocycles. The Kier molecular flexibility index (Phi) is 3.54. The topological polar surface area (TPSA) is 33.1 Å². The van der Waals surface area contributed by atoms with Gasteiger partial charge in [-0.3, -0.25) is 4.98 Å². The Bertz CT molecular complexity index is 580. The number of aliphatic hydroxyl groups is 1. The third-order valence-electron chi connectivity index (χ3n) is 3.85. The summed E-state index contributed by atoms with van der Waals surface area (Å²) in [5, 5.41) is 10.9. The van der Waals surface area contributed by atoms with Crippen molar-refractivity contribution in [3.05, 3.63) is 64.4 Å². The maximum Gasteiger partial charge on any atom is 0.122 e. The molecule has 2 aromatic rings. The summed E-state index contributed by atoms with van der Waals surface area (Å²) in [7, 11) is 0. The second kappa shape index (κ2) is 5.32. The van der Waals surface area contributed by atoms with Crippen molar-refractivity contribution in [2.24, 2.45) is 0 Å². The van der Waals surface area contributed by atoms with Crippen LogP contribution < -0.4 is 0 Å². The van der Waals surface area contributed by atoms with Gasteiger partial charge in [-0.15, -0.1) is 0 Å². The van der Waals surface area contributed by atoms with Gasteiger partial charge in [0.05, 0.1) is 10.7 Å². The monoisotopic (exact) mass is 273 g/mol. The van der Waals surface area contributed by atoms with Crippen LogP contribution in [0.1, 0.15) is 48.1 Å². The van der Waals surface area contributed by atoms with E-state index in [1.165, 1.54) is 24.8 Å². The standard InChI is InChI=1S/C16H16ClNO/c17-14-8-3-9-18-15(14)16(19)13-7-2-6-12(10-13)11-4-1-5-11/h2-3,6-11,16,19H,1,4-5H2. The number of pyridine rings is 1. The molecule has 1 unspecified atom stereocenters. The van der Waals surface area contributed by atoms with Gasteiger partial charge in [0.1, 0.15) is 6.10 Å². The van der Waals surface area contributed by atoms with Gasteiger partial charge in [-0.2, -0.15) is 0 Å². The van der Waals surface area contributed by atoms with Crippen LogP contribution in [0.3, 0.4) is 0 Å². The first-order chi connectivity index (χ1) is 9.25. The lowest BCUT2D eigenvalue weighted by atomic mass is 9.79. The molecule has 0 aliphatic heterocycles. The van der Waals surface area contributed by atoms with E-state index in [1.807, 2.05) is 12.1 Å². The maximum atomic E-state index is 10.4. The summed E-state index contributed by atoms with van der Waals surface area (Å²) in [5.41, 5.74) is 2.70. The molecular formula is C16H16ClNO. The van der Waals surface area contributed by atoms with Gasteiger partial charge in [-0.05, 0) is 42.0 Å². The molecule has 3 heteroatoms. The summed E-state index contributed by atoms with van der Waals surface area (Å²) in [6.45, 7) is 0. The largest absolute Gasteiger partial charge is 0.382 e. The first-order valence-electron chi connectivity index (χ1n) is 6.64. The zero-order valence-corrected chi connectivity index (χ0v) is 11.3. The molecule has 1 aliphatic carbocycles.